The Labute approximate surface area is 151 Å². The van der Waals surface area contributed by atoms with Gasteiger partial charge < -0.3 is 19.1 Å². The lowest BCUT2D eigenvalue weighted by Crippen LogP contribution is -2.47. The lowest BCUT2D eigenvalue weighted by Gasteiger charge is -2.35. The van der Waals surface area contributed by atoms with Crippen molar-refractivity contribution in [1.29, 1.82) is 0 Å². The van der Waals surface area contributed by atoms with Crippen LogP contribution >= 0.6 is 11.8 Å². The summed E-state index contributed by atoms with van der Waals surface area (Å²) in [7, 11) is 3.20. The number of rotatable bonds is 3. The van der Waals surface area contributed by atoms with Crippen molar-refractivity contribution in [3.63, 3.8) is 0 Å². The lowest BCUT2D eigenvalue weighted by atomic mass is 10.1. The Bertz CT molecular complexity index is 722. The van der Waals surface area contributed by atoms with Gasteiger partial charge in [0.25, 0.3) is 5.91 Å². The van der Waals surface area contributed by atoms with Gasteiger partial charge in [-0.3, -0.25) is 4.79 Å². The number of nitrogens with zero attached hydrogens (tertiary/aromatic N) is 2. The van der Waals surface area contributed by atoms with E-state index in [0.717, 1.165) is 23.8 Å². The maximum atomic E-state index is 12.3. The fraction of sp³-hybridized carbons (Fsp3) is 0.444. The van der Waals surface area contributed by atoms with E-state index in [1.54, 1.807) is 20.3 Å². The Balaban J connectivity index is 1.79. The average molecular weight is 362 g/mol. The number of hydrogen-bond donors (Lipinski definition) is 0. The van der Waals surface area contributed by atoms with Crippen molar-refractivity contribution in [3.05, 3.63) is 28.7 Å². The number of benzene rings is 1. The smallest absolute Gasteiger partial charge is 0.286 e. The Morgan fingerprint density at radius 2 is 1.96 bits per heavy atom. The number of methoxy groups -OCH3 is 2. The molecule has 0 N–H and O–H groups in total. The van der Waals surface area contributed by atoms with Gasteiger partial charge in [-0.2, -0.15) is 4.99 Å². The minimum Gasteiger partial charge on any atom is -0.497 e. The molecule has 0 bridgehead atoms. The predicted octanol–water partition coefficient (Wildman–Crippen LogP) is 2.78. The molecule has 3 rings (SSSR count). The summed E-state index contributed by atoms with van der Waals surface area (Å²) in [5.41, 5.74) is 0.819. The van der Waals surface area contributed by atoms with Gasteiger partial charge in [0.1, 0.15) is 11.5 Å². The maximum absolute atomic E-state index is 12.3. The van der Waals surface area contributed by atoms with Crippen molar-refractivity contribution < 1.29 is 19.0 Å². The van der Waals surface area contributed by atoms with Crippen molar-refractivity contribution in [1.82, 2.24) is 4.90 Å². The zero-order valence-electron chi connectivity index (χ0n) is 14.8. The molecule has 134 valence electrons. The summed E-state index contributed by atoms with van der Waals surface area (Å²) >= 11 is 1.40. The maximum Gasteiger partial charge on any atom is 0.286 e. The van der Waals surface area contributed by atoms with E-state index in [1.165, 1.54) is 11.8 Å². The van der Waals surface area contributed by atoms with E-state index in [9.17, 15) is 4.79 Å². The molecule has 1 amide bonds. The monoisotopic (exact) mass is 362 g/mol. The normalized spacial score (nSPS) is 25.3. The number of amidine groups is 1. The van der Waals surface area contributed by atoms with Gasteiger partial charge >= 0.3 is 0 Å². The van der Waals surface area contributed by atoms with Crippen molar-refractivity contribution in [3.8, 4) is 11.5 Å². The standard InChI is InChI=1S/C18H22N2O4S/c1-11-9-20(10-12(2)24-11)18-19-17(21)16(25-18)7-13-5-6-14(22-3)8-15(13)23-4/h5-8,11-12H,9-10H2,1-4H3/b16-7-. The molecular weight excluding hydrogens is 340 g/mol. The van der Waals surface area contributed by atoms with Gasteiger partial charge in [-0.25, -0.2) is 0 Å². The highest BCUT2D eigenvalue weighted by atomic mass is 32.2. The third-order valence-corrected chi connectivity index (χ3v) is 5.07. The number of ether oxygens (including phenoxy) is 3. The first-order valence-electron chi connectivity index (χ1n) is 8.15. The first kappa shape index (κ1) is 17.8. The molecular formula is C18H22N2O4S. The Morgan fingerprint density at radius 1 is 1.24 bits per heavy atom. The van der Waals surface area contributed by atoms with Crippen LogP contribution in [-0.2, 0) is 9.53 Å². The van der Waals surface area contributed by atoms with Crippen LogP contribution in [0.2, 0.25) is 0 Å². The van der Waals surface area contributed by atoms with Crippen molar-refractivity contribution in [2.24, 2.45) is 4.99 Å². The second-order valence-electron chi connectivity index (χ2n) is 6.08. The highest BCUT2D eigenvalue weighted by molar-refractivity contribution is 8.18. The summed E-state index contributed by atoms with van der Waals surface area (Å²) in [5.74, 6) is 1.14. The fourth-order valence-corrected chi connectivity index (χ4v) is 3.87. The van der Waals surface area contributed by atoms with E-state index >= 15 is 0 Å². The topological polar surface area (TPSA) is 60.4 Å². The molecule has 1 aromatic carbocycles. The Kier molecular flexibility index (Phi) is 5.34. The number of morpholine rings is 1. The minimum absolute atomic E-state index is 0.122. The number of carbonyl (C=O) groups is 1. The molecule has 0 saturated carbocycles. The van der Waals surface area contributed by atoms with Crippen LogP contribution in [0.1, 0.15) is 19.4 Å². The zero-order chi connectivity index (χ0) is 18.0. The molecule has 0 spiro atoms. The SMILES string of the molecule is COc1ccc(/C=C2\SC(N3CC(C)OC(C)C3)=NC2=O)c(OC)c1. The summed E-state index contributed by atoms with van der Waals surface area (Å²) in [5, 5.41) is 0.741. The number of thioether (sulfide) groups is 1. The summed E-state index contributed by atoms with van der Waals surface area (Å²) < 4.78 is 16.3. The molecule has 2 heterocycles. The molecule has 0 aromatic heterocycles. The number of amides is 1. The van der Waals surface area contributed by atoms with Crippen molar-refractivity contribution in [2.75, 3.05) is 27.3 Å². The van der Waals surface area contributed by atoms with E-state index in [-0.39, 0.29) is 18.1 Å². The molecule has 2 aliphatic rings. The highest BCUT2D eigenvalue weighted by Crippen LogP contribution is 2.34. The van der Waals surface area contributed by atoms with Crippen molar-refractivity contribution >= 4 is 28.9 Å². The van der Waals surface area contributed by atoms with Gasteiger partial charge in [-0.1, -0.05) is 0 Å². The van der Waals surface area contributed by atoms with Gasteiger partial charge in [-0.15, -0.1) is 0 Å². The van der Waals surface area contributed by atoms with Crippen LogP contribution in [0.4, 0.5) is 0 Å². The average Bonchev–Trinajstić information content (AvgIpc) is 2.95. The molecule has 2 atom stereocenters. The lowest BCUT2D eigenvalue weighted by molar-refractivity contribution is -0.113. The van der Waals surface area contributed by atoms with Crippen LogP contribution in [0, 0.1) is 0 Å². The largest absolute Gasteiger partial charge is 0.497 e. The molecule has 1 saturated heterocycles. The van der Waals surface area contributed by atoms with Crippen molar-refractivity contribution in [2.45, 2.75) is 26.1 Å². The molecule has 1 fully saturated rings. The van der Waals surface area contributed by atoms with E-state index in [0.29, 0.717) is 16.4 Å². The molecule has 7 heteroatoms. The predicted molar refractivity (Wildman–Crippen MR) is 99.1 cm³/mol. The summed E-state index contributed by atoms with van der Waals surface area (Å²) in [6, 6.07) is 5.51. The number of hydrogen-bond acceptors (Lipinski definition) is 6. The fourth-order valence-electron chi connectivity index (χ4n) is 2.95. The van der Waals surface area contributed by atoms with Crippen LogP contribution in [0.5, 0.6) is 11.5 Å². The van der Waals surface area contributed by atoms with Gasteiger partial charge in [0.05, 0.1) is 31.3 Å². The van der Waals surface area contributed by atoms with E-state index < -0.39 is 0 Å². The van der Waals surface area contributed by atoms with Gasteiger partial charge in [0.2, 0.25) is 0 Å². The second kappa shape index (κ2) is 7.49. The molecule has 0 radical (unpaired) electrons. The highest BCUT2D eigenvalue weighted by Gasteiger charge is 2.31. The van der Waals surface area contributed by atoms with Gasteiger partial charge in [0, 0.05) is 24.7 Å². The van der Waals surface area contributed by atoms with E-state index in [1.807, 2.05) is 32.1 Å². The first-order chi connectivity index (χ1) is 12.0. The summed E-state index contributed by atoms with van der Waals surface area (Å²) in [6.07, 6.45) is 2.06. The van der Waals surface area contributed by atoms with E-state index in [4.69, 9.17) is 14.2 Å². The zero-order valence-corrected chi connectivity index (χ0v) is 15.6. The Morgan fingerprint density at radius 3 is 2.60 bits per heavy atom. The summed E-state index contributed by atoms with van der Waals surface area (Å²) in [4.78, 5) is 19.2. The second-order valence-corrected chi connectivity index (χ2v) is 7.09. The van der Waals surface area contributed by atoms with Crippen LogP contribution < -0.4 is 9.47 Å². The van der Waals surface area contributed by atoms with E-state index in [2.05, 4.69) is 9.89 Å². The van der Waals surface area contributed by atoms with Crippen LogP contribution in [0.25, 0.3) is 6.08 Å². The van der Waals surface area contributed by atoms with Gasteiger partial charge in [-0.05, 0) is 43.8 Å². The van der Waals surface area contributed by atoms with Crippen LogP contribution in [0.3, 0.4) is 0 Å². The molecule has 2 aliphatic heterocycles. The third-order valence-electron chi connectivity index (χ3n) is 4.03. The minimum atomic E-state index is -0.218. The molecule has 25 heavy (non-hydrogen) atoms. The van der Waals surface area contributed by atoms with Crippen LogP contribution in [-0.4, -0.2) is 55.5 Å². The van der Waals surface area contributed by atoms with Crippen LogP contribution in [0.15, 0.2) is 28.1 Å². The first-order valence-corrected chi connectivity index (χ1v) is 8.96. The summed E-state index contributed by atoms with van der Waals surface area (Å²) in [6.45, 7) is 5.54. The molecule has 1 aromatic rings. The number of aliphatic imine (C=N–C) groups is 1. The molecule has 0 aliphatic carbocycles. The molecule has 2 unspecified atom stereocenters. The quantitative estimate of drug-likeness (QED) is 0.771. The third kappa shape index (κ3) is 3.99. The van der Waals surface area contributed by atoms with Gasteiger partial charge in [0.15, 0.2) is 5.17 Å². The number of carbonyl (C=O) groups excluding carboxylic acids is 1. The molecule has 6 nitrogen and oxygen atoms in total. The Hall–Kier alpha value is -1.99.